The fraction of sp³-hybridized carbons (Fsp3) is 0.737. The van der Waals surface area contributed by atoms with E-state index >= 15 is 0 Å². The molecule has 0 saturated carbocycles. The lowest BCUT2D eigenvalue weighted by Gasteiger charge is -2.37. The van der Waals surface area contributed by atoms with Crippen molar-refractivity contribution in [2.24, 2.45) is 18.9 Å². The van der Waals surface area contributed by atoms with E-state index in [0.717, 1.165) is 37.9 Å². The van der Waals surface area contributed by atoms with E-state index in [1.165, 1.54) is 6.42 Å². The molecule has 0 radical (unpaired) electrons. The van der Waals surface area contributed by atoms with Crippen LogP contribution in [0.2, 0.25) is 0 Å². The van der Waals surface area contributed by atoms with Gasteiger partial charge in [-0.15, -0.1) is 0 Å². The van der Waals surface area contributed by atoms with Crippen LogP contribution in [0.3, 0.4) is 0 Å². The van der Waals surface area contributed by atoms with Crippen molar-refractivity contribution < 1.29 is 9.59 Å². The maximum Gasteiger partial charge on any atom is 0.244 e. The van der Waals surface area contributed by atoms with Crippen LogP contribution in [0, 0.1) is 11.8 Å². The Morgan fingerprint density at radius 2 is 1.92 bits per heavy atom. The summed E-state index contributed by atoms with van der Waals surface area (Å²) in [4.78, 5) is 29.6. The van der Waals surface area contributed by atoms with Gasteiger partial charge < -0.3 is 15.1 Å². The number of hydrogen-bond acceptors (Lipinski definition) is 4. The molecule has 0 aromatic carbocycles. The second-order valence-corrected chi connectivity index (χ2v) is 7.80. The summed E-state index contributed by atoms with van der Waals surface area (Å²) in [5, 5.41) is 7.26. The van der Waals surface area contributed by atoms with Gasteiger partial charge >= 0.3 is 0 Å². The number of aryl methyl sites for hydroxylation is 1. The van der Waals surface area contributed by atoms with Crippen molar-refractivity contribution in [3.05, 3.63) is 18.0 Å². The molecule has 1 aromatic heterocycles. The van der Waals surface area contributed by atoms with Crippen molar-refractivity contribution in [3.8, 4) is 0 Å². The highest BCUT2D eigenvalue weighted by Crippen LogP contribution is 2.25. The lowest BCUT2D eigenvalue weighted by atomic mass is 9.92. The molecular formula is C19H31N5O2. The van der Waals surface area contributed by atoms with E-state index in [1.807, 2.05) is 23.0 Å². The lowest BCUT2D eigenvalue weighted by molar-refractivity contribution is -0.142. The quantitative estimate of drug-likeness (QED) is 0.874. The molecule has 2 unspecified atom stereocenters. The zero-order chi connectivity index (χ0) is 18.7. The van der Waals surface area contributed by atoms with Crippen LogP contribution < -0.4 is 5.32 Å². The Bertz CT molecular complexity index is 636. The first kappa shape index (κ1) is 18.9. The maximum absolute atomic E-state index is 12.9. The van der Waals surface area contributed by atoms with Gasteiger partial charge in [0.05, 0.1) is 6.20 Å². The summed E-state index contributed by atoms with van der Waals surface area (Å²) in [5.74, 6) is 1.03. The van der Waals surface area contributed by atoms with E-state index in [4.69, 9.17) is 0 Å². The van der Waals surface area contributed by atoms with E-state index in [0.29, 0.717) is 24.9 Å². The number of hydrogen-bond donors (Lipinski definition) is 1. The minimum atomic E-state index is -0.376. The molecule has 1 N–H and O–H groups in total. The fourth-order valence-corrected chi connectivity index (χ4v) is 4.20. The third kappa shape index (κ3) is 4.09. The van der Waals surface area contributed by atoms with Crippen molar-refractivity contribution in [2.75, 3.05) is 33.2 Å². The van der Waals surface area contributed by atoms with Crippen LogP contribution >= 0.6 is 0 Å². The number of nitrogens with zero attached hydrogens (tertiary/aromatic N) is 4. The van der Waals surface area contributed by atoms with Crippen molar-refractivity contribution >= 4 is 11.8 Å². The summed E-state index contributed by atoms with van der Waals surface area (Å²) < 4.78 is 1.71. The second-order valence-electron chi connectivity index (χ2n) is 7.80. The Morgan fingerprint density at radius 3 is 2.50 bits per heavy atom. The summed E-state index contributed by atoms with van der Waals surface area (Å²) in [6.45, 7) is 5.30. The molecule has 3 heterocycles. The predicted octanol–water partition coefficient (Wildman–Crippen LogP) is 1.18. The smallest absolute Gasteiger partial charge is 0.244 e. The largest absolute Gasteiger partial charge is 0.342 e. The van der Waals surface area contributed by atoms with Gasteiger partial charge in [0.1, 0.15) is 6.04 Å². The van der Waals surface area contributed by atoms with Gasteiger partial charge in [-0.1, -0.05) is 6.92 Å². The van der Waals surface area contributed by atoms with Crippen LogP contribution in [0.15, 0.2) is 12.4 Å². The van der Waals surface area contributed by atoms with Crippen molar-refractivity contribution in [1.29, 1.82) is 0 Å². The van der Waals surface area contributed by atoms with Crippen LogP contribution in [0.5, 0.6) is 0 Å². The highest BCUT2D eigenvalue weighted by atomic mass is 16.2. The summed E-state index contributed by atoms with van der Waals surface area (Å²) in [5.41, 5.74) is 0.875. The molecule has 2 fully saturated rings. The second kappa shape index (κ2) is 8.20. The van der Waals surface area contributed by atoms with Crippen LogP contribution in [0.4, 0.5) is 0 Å². The highest BCUT2D eigenvalue weighted by Gasteiger charge is 2.34. The van der Waals surface area contributed by atoms with Gasteiger partial charge in [0.15, 0.2) is 0 Å². The minimum absolute atomic E-state index is 0.0655. The Labute approximate surface area is 155 Å². The maximum atomic E-state index is 12.9. The minimum Gasteiger partial charge on any atom is -0.342 e. The van der Waals surface area contributed by atoms with Crippen LogP contribution in [-0.2, 0) is 16.6 Å². The Kier molecular flexibility index (Phi) is 5.96. The number of aromatic nitrogens is 2. The number of piperidine rings is 2. The van der Waals surface area contributed by atoms with Crippen LogP contribution in [0.25, 0.3) is 0 Å². The topological polar surface area (TPSA) is 70.5 Å². The third-order valence-corrected chi connectivity index (χ3v) is 5.72. The lowest BCUT2D eigenvalue weighted by Crippen LogP contribution is -2.48. The molecule has 7 heteroatoms. The normalized spacial score (nSPS) is 23.1. The van der Waals surface area contributed by atoms with E-state index in [1.54, 1.807) is 17.9 Å². The zero-order valence-electron chi connectivity index (χ0n) is 16.1. The molecule has 2 amide bonds. The van der Waals surface area contributed by atoms with Gasteiger partial charge in [0, 0.05) is 50.9 Å². The number of amides is 2. The van der Waals surface area contributed by atoms with E-state index in [9.17, 15) is 9.59 Å². The molecule has 2 aliphatic rings. The number of likely N-dealkylation sites (tertiary alicyclic amines) is 2. The number of carbonyl (C=O) groups is 2. The number of rotatable bonds is 4. The molecule has 2 atom stereocenters. The molecule has 1 aromatic rings. The highest BCUT2D eigenvalue weighted by molar-refractivity contribution is 5.84. The molecule has 144 valence electrons. The standard InChI is InChI=1S/C19H31N5O2/c1-14-5-4-8-24(12-14)18(25)15-6-9-23(10-7-15)19(26)17(20-2)16-11-21-22(3)13-16/h11,13-15,17,20H,4-10,12H2,1-3H3. The van der Waals surface area contributed by atoms with E-state index < -0.39 is 0 Å². The van der Waals surface area contributed by atoms with Gasteiger partial charge in [-0.25, -0.2) is 0 Å². The third-order valence-electron chi connectivity index (χ3n) is 5.72. The summed E-state index contributed by atoms with van der Waals surface area (Å²) >= 11 is 0. The molecule has 26 heavy (non-hydrogen) atoms. The van der Waals surface area contributed by atoms with E-state index in [-0.39, 0.29) is 17.9 Å². The average molecular weight is 361 g/mol. The van der Waals surface area contributed by atoms with Gasteiger partial charge in [0.25, 0.3) is 0 Å². The fourth-order valence-electron chi connectivity index (χ4n) is 4.20. The van der Waals surface area contributed by atoms with Gasteiger partial charge in [0.2, 0.25) is 11.8 Å². The Hall–Kier alpha value is -1.89. The average Bonchev–Trinajstić information content (AvgIpc) is 3.08. The first-order valence-corrected chi connectivity index (χ1v) is 9.73. The number of likely N-dealkylation sites (N-methyl/N-ethyl adjacent to an activating group) is 1. The van der Waals surface area contributed by atoms with Gasteiger partial charge in [-0.2, -0.15) is 5.10 Å². The SMILES string of the molecule is CNC(C(=O)N1CCC(C(=O)N2CCCC(C)C2)CC1)c1cnn(C)c1. The van der Waals surface area contributed by atoms with Crippen molar-refractivity contribution in [3.63, 3.8) is 0 Å². The molecule has 0 spiro atoms. The number of nitrogens with one attached hydrogen (secondary N) is 1. The molecule has 0 bridgehead atoms. The van der Waals surface area contributed by atoms with Crippen LogP contribution in [0.1, 0.15) is 44.2 Å². The number of carbonyl (C=O) groups excluding carboxylic acids is 2. The van der Waals surface area contributed by atoms with E-state index in [2.05, 4.69) is 17.3 Å². The molecule has 3 rings (SSSR count). The van der Waals surface area contributed by atoms with Crippen molar-refractivity contribution in [2.45, 2.75) is 38.6 Å². The Balaban J connectivity index is 1.55. The zero-order valence-corrected chi connectivity index (χ0v) is 16.1. The molecule has 2 saturated heterocycles. The van der Waals surface area contributed by atoms with Gasteiger partial charge in [-0.05, 0) is 38.6 Å². The van der Waals surface area contributed by atoms with Crippen molar-refractivity contribution in [1.82, 2.24) is 24.9 Å². The predicted molar refractivity (Wildman–Crippen MR) is 99.3 cm³/mol. The first-order valence-electron chi connectivity index (χ1n) is 9.73. The van der Waals surface area contributed by atoms with Gasteiger partial charge in [-0.3, -0.25) is 14.3 Å². The molecule has 0 aliphatic carbocycles. The Morgan fingerprint density at radius 1 is 1.19 bits per heavy atom. The molecular weight excluding hydrogens is 330 g/mol. The summed E-state index contributed by atoms with van der Waals surface area (Å²) in [6, 6.07) is -0.376. The monoisotopic (exact) mass is 361 g/mol. The summed E-state index contributed by atoms with van der Waals surface area (Å²) in [7, 11) is 3.64. The first-order chi connectivity index (χ1) is 12.5. The molecule has 2 aliphatic heterocycles. The molecule has 7 nitrogen and oxygen atoms in total. The summed E-state index contributed by atoms with van der Waals surface area (Å²) in [6.07, 6.45) is 7.45. The van der Waals surface area contributed by atoms with Crippen LogP contribution in [-0.4, -0.2) is 64.6 Å².